The zero-order valence-corrected chi connectivity index (χ0v) is 93.0. The van der Waals surface area contributed by atoms with E-state index in [0.717, 1.165) is 160 Å². The van der Waals surface area contributed by atoms with E-state index >= 15 is 0 Å². The van der Waals surface area contributed by atoms with Gasteiger partial charge < -0.3 is 70.4 Å². The summed E-state index contributed by atoms with van der Waals surface area (Å²) < 4.78 is 157. The number of nitrogens with zero attached hydrogens (tertiary/aromatic N) is 9. The maximum Gasteiger partial charge on any atom is 1.00 e. The van der Waals surface area contributed by atoms with E-state index in [9.17, 15) is 62.4 Å². The number of nitrogens with one attached hydrogen (secondary N) is 4. The minimum absolute atomic E-state index is 0. The first-order chi connectivity index (χ1) is 70.9. The summed E-state index contributed by atoms with van der Waals surface area (Å²) >= 11 is 1.63. The van der Waals surface area contributed by atoms with Crippen molar-refractivity contribution in [1.82, 2.24) is 15.0 Å². The number of rotatable bonds is 32. The number of benzene rings is 17. The largest absolute Gasteiger partial charge is 1.00 e. The molecule has 20 aromatic rings. The van der Waals surface area contributed by atoms with Crippen LogP contribution in [-0.2, 0) is 72.3 Å². The average molecular weight is 2150 g/mol. The second-order valence-electron chi connectivity index (χ2n) is 33.9. The van der Waals surface area contributed by atoms with Crippen LogP contribution in [0.15, 0.2) is 381 Å². The summed E-state index contributed by atoms with van der Waals surface area (Å²) in [4.78, 5) is 21.6. The molecule has 0 aliphatic carbocycles. The average Bonchev–Trinajstić information content (AvgIpc) is 0.708. The molecule has 0 saturated carbocycles. The Morgan fingerprint density at radius 1 is 0.333 bits per heavy atom. The predicted octanol–water partition coefficient (Wildman–Crippen LogP) is 10.2. The molecule has 150 heavy (non-hydrogen) atoms. The van der Waals surface area contributed by atoms with Crippen LogP contribution in [0.1, 0.15) is 44.4 Å². The Balaban J connectivity index is 0.000000167. The van der Waals surface area contributed by atoms with Gasteiger partial charge in [0.2, 0.25) is 50.2 Å². The van der Waals surface area contributed by atoms with Crippen molar-refractivity contribution in [2.45, 2.75) is 77.1 Å². The van der Waals surface area contributed by atoms with E-state index in [4.69, 9.17) is 29.4 Å². The molecule has 20 rings (SSSR count). The molecule has 0 atom stereocenters. The summed E-state index contributed by atoms with van der Waals surface area (Å²) in [5, 5.41) is 45.9. The van der Waals surface area contributed by atoms with Crippen molar-refractivity contribution in [3.8, 4) is 17.1 Å². The number of hydrogen-bond donors (Lipinski definition) is 5. The normalized spacial score (nSPS) is 11.6. The van der Waals surface area contributed by atoms with E-state index in [2.05, 4.69) is 108 Å². The smallest absolute Gasteiger partial charge is 0.744 e. The number of nitrogens with two attached hydrogens (primary N) is 1. The fraction of sp³-hybridized carbons (Fsp3) is 0.101. The molecule has 0 spiro atoms. The van der Waals surface area contributed by atoms with Crippen molar-refractivity contribution < 1.29 is 184 Å². The Morgan fingerprint density at radius 3 is 1.23 bits per heavy atom. The number of aryl methyl sites for hydroxylation is 1. The minimum Gasteiger partial charge on any atom is -0.744 e. The van der Waals surface area contributed by atoms with E-state index in [1.165, 1.54) is 42.5 Å². The molecule has 0 amide bonds. The fourth-order valence-electron chi connectivity index (χ4n) is 17.8. The van der Waals surface area contributed by atoms with Gasteiger partial charge in [0.25, 0.3) is 0 Å². The van der Waals surface area contributed by atoms with Gasteiger partial charge in [0.15, 0.2) is 0 Å². The molecular weight excluding hydrogens is 2050 g/mol. The molecule has 6 N–H and O–H groups in total. The monoisotopic (exact) mass is 2140 g/mol. The van der Waals surface area contributed by atoms with Crippen LogP contribution in [0.25, 0.3) is 105 Å². The first kappa shape index (κ1) is 112. The van der Waals surface area contributed by atoms with E-state index in [-0.39, 0.29) is 115 Å². The third-order valence-electron chi connectivity index (χ3n) is 24.8. The molecule has 0 aliphatic heterocycles. The molecule has 0 radical (unpaired) electrons. The van der Waals surface area contributed by atoms with Gasteiger partial charge in [-0.1, -0.05) is 133 Å². The van der Waals surface area contributed by atoms with Crippen molar-refractivity contribution in [3.63, 3.8) is 0 Å². The van der Waals surface area contributed by atoms with E-state index in [0.29, 0.717) is 92.2 Å². The van der Waals surface area contributed by atoms with E-state index < -0.39 is 45.4 Å². The first-order valence-electron chi connectivity index (χ1n) is 46.1. The summed E-state index contributed by atoms with van der Waals surface area (Å²) in [5.41, 5.74) is 28.3. The van der Waals surface area contributed by atoms with Gasteiger partial charge in [-0.3, -0.25) is 10.1 Å². The zero-order valence-electron chi connectivity index (χ0n) is 82.1. The molecule has 17 aromatic carbocycles. The molecule has 3 heterocycles. The SMILES string of the molecule is CCN(Cc1ccc(S(=O)(=O)[O-])cc1)c1ccc2nc3c4ccccc4c(Nc4ccc(N(CC)CC)c(SOO[O-])c4)cc3[n+](-c3ccccc3)c2c1.CCN(Cc1ccc(S(=O)(=O)[O-])cc1)c1ccc2nc3ccc(Nc4ccc(N)c(C)c4)cc3[n+](-c3ccc(S(=O)(=O)[O-])cc3)c2c1.O=S(=O)([O-])c1cc2nc3c4cccc(SOO[O-])c4c(Nc4ccccc4)cc3[n+](-c3ccccc3)c2cc1Nc1ccccc1.[Na+].[Na+].[Na+]. The van der Waals surface area contributed by atoms with Gasteiger partial charge in [0.1, 0.15) is 73.6 Å². The number of fused-ring (bicyclic) bond motifs is 10. The molecule has 0 bridgehead atoms. The van der Waals surface area contributed by atoms with Crippen molar-refractivity contribution in [2.75, 3.05) is 67.9 Å². The van der Waals surface area contributed by atoms with Gasteiger partial charge in [-0.15, -0.1) is 13.7 Å². The van der Waals surface area contributed by atoms with Crippen molar-refractivity contribution >= 4 is 221 Å². The predicted molar refractivity (Wildman–Crippen MR) is 563 cm³/mol. The van der Waals surface area contributed by atoms with Crippen LogP contribution in [-0.4, -0.2) is 93.0 Å². The summed E-state index contributed by atoms with van der Waals surface area (Å²) in [6, 6.07) is 106. The Kier molecular flexibility index (Phi) is 36.4. The number of aromatic nitrogens is 6. The number of para-hydroxylation sites is 4. The maximum absolute atomic E-state index is 12.6. The van der Waals surface area contributed by atoms with Gasteiger partial charge >= 0.3 is 88.7 Å². The van der Waals surface area contributed by atoms with Crippen LogP contribution in [0.4, 0.5) is 68.2 Å². The van der Waals surface area contributed by atoms with Crippen molar-refractivity contribution in [3.05, 3.63) is 369 Å². The number of hydrogen-bond acceptors (Lipinski definition) is 31. The van der Waals surface area contributed by atoms with Crippen LogP contribution >= 0.6 is 24.1 Å². The second-order valence-corrected chi connectivity index (χ2v) is 40.9. The first-order valence-corrected chi connectivity index (χ1v) is 53.3. The van der Waals surface area contributed by atoms with Crippen LogP contribution in [0.3, 0.4) is 0 Å². The van der Waals surface area contributed by atoms with Gasteiger partial charge in [-0.2, -0.15) is 8.67 Å². The Bertz CT molecular complexity index is 8890. The maximum atomic E-state index is 12.6. The van der Waals surface area contributed by atoms with Crippen molar-refractivity contribution in [2.24, 2.45) is 0 Å². The summed E-state index contributed by atoms with van der Waals surface area (Å²) in [5.74, 6) is 0. The molecule has 32 nitrogen and oxygen atoms in total. The molecule has 0 saturated heterocycles. The third kappa shape index (κ3) is 25.3. The van der Waals surface area contributed by atoms with Crippen LogP contribution < -0.4 is 155 Å². The molecule has 41 heteroatoms. The van der Waals surface area contributed by atoms with E-state index in [1.54, 1.807) is 78.9 Å². The minimum atomic E-state index is -4.91. The second kappa shape index (κ2) is 48.9. The van der Waals surface area contributed by atoms with E-state index in [1.807, 2.05) is 217 Å². The topological polar surface area (TPSA) is 446 Å². The van der Waals surface area contributed by atoms with Gasteiger partial charge in [-0.25, -0.2) is 48.6 Å². The Labute approximate surface area is 939 Å². The summed E-state index contributed by atoms with van der Waals surface area (Å²) in [6.45, 7) is 13.9. The van der Waals surface area contributed by atoms with Crippen LogP contribution in [0.2, 0.25) is 0 Å². The quantitative estimate of drug-likeness (QED) is 0.00301. The van der Waals surface area contributed by atoms with Crippen LogP contribution in [0.5, 0.6) is 0 Å². The van der Waals surface area contributed by atoms with Gasteiger partial charge in [-0.05, 0) is 197 Å². The summed E-state index contributed by atoms with van der Waals surface area (Å²) in [6.07, 6.45) is 0. The van der Waals surface area contributed by atoms with Gasteiger partial charge in [0.05, 0.1) is 71.3 Å². The standard InChI is InChI=1S/C41H39N5O6S2.C34H31N5O6S2.C34H24N4O6S2.3Na/c1-4-44(5-2)37-23-18-29(24-40(37)53-52-51-47)42-36-26-39-41(34-15-11-10-14-33(34)36)43-35-22-19-31(25-38(35)46(39)30-12-8-7-9-13-30)45(6-3)27-28-16-20-32(21-17-28)54(48,49)50;1-3-38(21-23-4-11-28(12-5-23)46(40,41)42)27-10-17-32-34(20-27)39(26-8-13-29(14-9-26)47(43,44)45)33-19-25(7-16-31(33)37-32)36-24-6-15-30(35)22(2)18-24;39-43-44-45-31-18-10-17-25-33(31)28(36-23-13-6-2-7-14-23)20-30-34(25)37-26-21-32(46(40,41)42)27(35-22-11-4-1-5-12-22)19-29(26)38(30)24-15-8-3-9-16-24;;;/h7-26H,4-6,27H2,1-3H3,(H2,47,48,49,50);4-20H,3,21H2,1-2H3,(H4,35,37,40,41,42,43,44,45);1-21H,(H3,35,36,39,40,41,42);;;/q;;;3*+1/p-3. The van der Waals surface area contributed by atoms with Crippen LogP contribution in [0, 0.1) is 6.92 Å². The molecule has 0 aliphatic rings. The Morgan fingerprint density at radius 2 is 0.727 bits per heavy atom. The van der Waals surface area contributed by atoms with Gasteiger partial charge in [0, 0.05) is 184 Å². The molecule has 3 aromatic heterocycles. The van der Waals surface area contributed by atoms with Crippen molar-refractivity contribution in [1.29, 1.82) is 0 Å². The summed E-state index contributed by atoms with van der Waals surface area (Å²) in [7, 11) is -18.6. The number of anilines is 12. The zero-order chi connectivity index (χ0) is 103. The molecular formula is C109H91N14Na3O18S6. The molecule has 0 unspecified atom stereocenters. The third-order valence-corrected chi connectivity index (χ3v) is 29.5. The number of nitrogen functional groups attached to an aromatic ring is 1. The molecule has 0 fully saturated rings. The fourth-order valence-corrected chi connectivity index (χ4v) is 21.0. The molecule has 744 valence electrons. The Hall–Kier alpha value is -12.4.